The van der Waals surface area contributed by atoms with Crippen molar-refractivity contribution in [2.75, 3.05) is 5.32 Å². The Bertz CT molecular complexity index is 718. The maximum atomic E-state index is 13.2. The Labute approximate surface area is 165 Å². The second-order valence-electron chi connectivity index (χ2n) is 7.70. The Balaban J connectivity index is 1.48. The lowest BCUT2D eigenvalue weighted by molar-refractivity contribution is 0.114. The van der Waals surface area contributed by atoms with Gasteiger partial charge in [0.05, 0.1) is 0 Å². The third-order valence-corrected chi connectivity index (χ3v) is 6.72. The number of hydrogen-bond donors (Lipinski definition) is 1. The van der Waals surface area contributed by atoms with Gasteiger partial charge in [0.1, 0.15) is 5.01 Å². The normalized spacial score (nSPS) is 19.0. The first-order chi connectivity index (χ1) is 13.3. The first-order valence-corrected chi connectivity index (χ1v) is 11.1. The Hall–Kier alpha value is -1.95. The van der Waals surface area contributed by atoms with Crippen LogP contribution in [0.3, 0.4) is 0 Å². The molecule has 0 aliphatic heterocycles. The molecule has 144 valence electrons. The van der Waals surface area contributed by atoms with Crippen molar-refractivity contribution in [1.29, 1.82) is 0 Å². The lowest BCUT2D eigenvalue weighted by Gasteiger charge is -2.41. The summed E-state index contributed by atoms with van der Waals surface area (Å²) in [7, 11) is 0. The van der Waals surface area contributed by atoms with Gasteiger partial charge in [-0.3, -0.25) is 5.32 Å². The number of carbonyl (C=O) groups is 1. The zero-order valence-corrected chi connectivity index (χ0v) is 16.6. The average molecular weight is 385 g/mol. The highest BCUT2D eigenvalue weighted by atomic mass is 32.1. The van der Waals surface area contributed by atoms with Crippen LogP contribution in [-0.2, 0) is 0 Å². The van der Waals surface area contributed by atoms with Gasteiger partial charge in [-0.2, -0.15) is 0 Å². The van der Waals surface area contributed by atoms with Crippen LogP contribution in [0.15, 0.2) is 30.3 Å². The van der Waals surface area contributed by atoms with Crippen molar-refractivity contribution < 1.29 is 4.79 Å². The maximum Gasteiger partial charge on any atom is 0.324 e. The molecule has 5 nitrogen and oxygen atoms in total. The van der Waals surface area contributed by atoms with E-state index in [4.69, 9.17) is 0 Å². The first-order valence-electron chi connectivity index (χ1n) is 10.3. The number of hydrogen-bond acceptors (Lipinski definition) is 4. The molecule has 0 radical (unpaired) electrons. The fourth-order valence-corrected chi connectivity index (χ4v) is 5.21. The zero-order valence-electron chi connectivity index (χ0n) is 15.8. The van der Waals surface area contributed by atoms with Crippen LogP contribution in [0.5, 0.6) is 0 Å². The molecule has 4 rings (SSSR count). The van der Waals surface area contributed by atoms with Crippen molar-refractivity contribution in [1.82, 2.24) is 15.1 Å². The number of nitrogens with one attached hydrogen (secondary N) is 1. The van der Waals surface area contributed by atoms with Crippen molar-refractivity contribution in [3.8, 4) is 10.6 Å². The molecule has 1 heterocycles. The lowest BCUT2D eigenvalue weighted by Crippen LogP contribution is -2.50. The van der Waals surface area contributed by atoms with Crippen molar-refractivity contribution in [3.63, 3.8) is 0 Å². The molecule has 0 atom stereocenters. The minimum Gasteiger partial charge on any atom is -0.319 e. The van der Waals surface area contributed by atoms with Crippen LogP contribution in [0.4, 0.5) is 9.93 Å². The number of benzene rings is 1. The minimum atomic E-state index is 0.0181. The van der Waals surface area contributed by atoms with Crippen LogP contribution in [0.1, 0.15) is 64.2 Å². The Kier molecular flexibility index (Phi) is 6.02. The highest BCUT2D eigenvalue weighted by Crippen LogP contribution is 2.32. The van der Waals surface area contributed by atoms with E-state index in [0.717, 1.165) is 36.3 Å². The molecule has 2 aliphatic rings. The molecule has 2 aromatic rings. The number of anilines is 1. The van der Waals surface area contributed by atoms with Crippen molar-refractivity contribution in [2.45, 2.75) is 76.3 Å². The summed E-state index contributed by atoms with van der Waals surface area (Å²) in [4.78, 5) is 15.4. The summed E-state index contributed by atoms with van der Waals surface area (Å²) in [6, 6.07) is 10.8. The van der Waals surface area contributed by atoms with Gasteiger partial charge >= 0.3 is 6.03 Å². The highest BCUT2D eigenvalue weighted by Gasteiger charge is 2.32. The van der Waals surface area contributed by atoms with Gasteiger partial charge in [0.25, 0.3) is 0 Å². The summed E-state index contributed by atoms with van der Waals surface area (Å²) in [5, 5.41) is 13.0. The van der Waals surface area contributed by atoms with Crippen molar-refractivity contribution in [2.24, 2.45) is 0 Å². The van der Waals surface area contributed by atoms with Crippen LogP contribution in [0.2, 0.25) is 0 Å². The molecule has 0 saturated heterocycles. The van der Waals surface area contributed by atoms with Gasteiger partial charge in [-0.05, 0) is 25.7 Å². The molecule has 2 aliphatic carbocycles. The van der Waals surface area contributed by atoms with Gasteiger partial charge in [0.2, 0.25) is 5.13 Å². The Morgan fingerprint density at radius 2 is 1.48 bits per heavy atom. The number of nitrogens with zero attached hydrogens (tertiary/aromatic N) is 3. The van der Waals surface area contributed by atoms with E-state index in [2.05, 4.69) is 20.4 Å². The molecule has 2 fully saturated rings. The predicted molar refractivity (Wildman–Crippen MR) is 110 cm³/mol. The lowest BCUT2D eigenvalue weighted by atomic mass is 9.89. The molecule has 27 heavy (non-hydrogen) atoms. The second-order valence-corrected chi connectivity index (χ2v) is 8.68. The van der Waals surface area contributed by atoms with E-state index in [-0.39, 0.29) is 6.03 Å². The standard InChI is InChI=1S/C21H28N4OS/c26-21(22-20-24-23-19(27-20)16-10-4-1-5-11-16)25(17-12-6-2-7-13-17)18-14-8-3-9-15-18/h1,4-5,10-11,17-18H,2-3,6-9,12-15H2,(H,22,24,26). The van der Waals surface area contributed by atoms with Crippen LogP contribution >= 0.6 is 11.3 Å². The molecule has 0 bridgehead atoms. The minimum absolute atomic E-state index is 0.0181. The molecule has 6 heteroatoms. The molecule has 0 unspecified atom stereocenters. The molecule has 1 aromatic heterocycles. The molecule has 2 amide bonds. The average Bonchev–Trinajstić information content (AvgIpc) is 3.19. The van der Waals surface area contributed by atoms with Crippen LogP contribution in [0, 0.1) is 0 Å². The van der Waals surface area contributed by atoms with Gasteiger partial charge in [-0.15, -0.1) is 10.2 Å². The quantitative estimate of drug-likeness (QED) is 0.735. The molecule has 1 N–H and O–H groups in total. The van der Waals surface area contributed by atoms with Gasteiger partial charge in [-0.25, -0.2) is 4.79 Å². The SMILES string of the molecule is O=C(Nc1nnc(-c2ccccc2)s1)N(C1CCCCC1)C1CCCCC1. The van der Waals surface area contributed by atoms with Crippen molar-refractivity contribution >= 4 is 22.5 Å². The third-order valence-electron chi connectivity index (χ3n) is 5.83. The van der Waals surface area contributed by atoms with E-state index in [1.165, 1.54) is 49.9 Å². The Morgan fingerprint density at radius 3 is 2.07 bits per heavy atom. The zero-order chi connectivity index (χ0) is 18.5. The maximum absolute atomic E-state index is 13.2. The summed E-state index contributed by atoms with van der Waals surface area (Å²) in [5.74, 6) is 0. The summed E-state index contributed by atoms with van der Waals surface area (Å²) in [5.41, 5.74) is 1.03. The van der Waals surface area contributed by atoms with Gasteiger partial charge in [0, 0.05) is 17.6 Å². The van der Waals surface area contributed by atoms with Crippen LogP contribution in [0.25, 0.3) is 10.6 Å². The topological polar surface area (TPSA) is 58.1 Å². The fraction of sp³-hybridized carbons (Fsp3) is 0.571. The fourth-order valence-electron chi connectivity index (χ4n) is 4.48. The van der Waals surface area contributed by atoms with Crippen LogP contribution < -0.4 is 5.32 Å². The smallest absolute Gasteiger partial charge is 0.319 e. The van der Waals surface area contributed by atoms with Crippen LogP contribution in [-0.4, -0.2) is 33.2 Å². The molecule has 2 saturated carbocycles. The molecule has 0 spiro atoms. The summed E-state index contributed by atoms with van der Waals surface area (Å²) < 4.78 is 0. The molecular formula is C21H28N4OS. The largest absolute Gasteiger partial charge is 0.324 e. The Morgan fingerprint density at radius 1 is 0.889 bits per heavy atom. The number of aromatic nitrogens is 2. The number of amides is 2. The summed E-state index contributed by atoms with van der Waals surface area (Å²) >= 11 is 1.44. The van der Waals surface area contributed by atoms with E-state index in [0.29, 0.717) is 17.2 Å². The van der Waals surface area contributed by atoms with E-state index >= 15 is 0 Å². The van der Waals surface area contributed by atoms with Crippen molar-refractivity contribution in [3.05, 3.63) is 30.3 Å². The van der Waals surface area contributed by atoms with Gasteiger partial charge < -0.3 is 4.90 Å². The molecular weight excluding hydrogens is 356 g/mol. The number of urea groups is 1. The summed E-state index contributed by atoms with van der Waals surface area (Å²) in [6.45, 7) is 0. The van der Waals surface area contributed by atoms with E-state index in [1.54, 1.807) is 0 Å². The van der Waals surface area contributed by atoms with Gasteiger partial charge in [-0.1, -0.05) is 80.2 Å². The molecule has 1 aromatic carbocycles. The number of carbonyl (C=O) groups excluding carboxylic acids is 1. The summed E-state index contributed by atoms with van der Waals surface area (Å²) in [6.07, 6.45) is 12.1. The van der Waals surface area contributed by atoms with Gasteiger partial charge in [0.15, 0.2) is 0 Å². The highest BCUT2D eigenvalue weighted by molar-refractivity contribution is 7.18. The number of rotatable bonds is 4. The monoisotopic (exact) mass is 384 g/mol. The van der Waals surface area contributed by atoms with E-state index in [9.17, 15) is 4.79 Å². The van der Waals surface area contributed by atoms with E-state index < -0.39 is 0 Å². The third kappa shape index (κ3) is 4.49. The second kappa shape index (κ2) is 8.83. The van der Waals surface area contributed by atoms with E-state index in [1.807, 2.05) is 30.3 Å². The predicted octanol–water partition coefficient (Wildman–Crippen LogP) is 5.70. The first kappa shape index (κ1) is 18.4.